The molecule has 1 spiro atoms. The molecule has 0 saturated carbocycles. The molecular formula is C46H62F2N4O2SSi2. The highest BCUT2D eigenvalue weighted by Crippen LogP contribution is 2.50. The molecule has 11 heteroatoms. The van der Waals surface area contributed by atoms with Crippen LogP contribution in [-0.4, -0.2) is 64.3 Å². The highest BCUT2D eigenvalue weighted by atomic mass is 32.2. The van der Waals surface area contributed by atoms with Gasteiger partial charge < -0.3 is 14.1 Å². The summed E-state index contributed by atoms with van der Waals surface area (Å²) >= 11 is 1.38. The van der Waals surface area contributed by atoms with Crippen molar-refractivity contribution in [1.29, 1.82) is 0 Å². The molecule has 0 amide bonds. The largest absolute Gasteiger partial charge is 0.540 e. The van der Waals surface area contributed by atoms with Crippen molar-refractivity contribution < 1.29 is 17.9 Å². The molecule has 57 heavy (non-hydrogen) atoms. The maximum Gasteiger partial charge on any atom is 0.318 e. The van der Waals surface area contributed by atoms with Crippen LogP contribution in [0.4, 0.5) is 14.6 Å². The summed E-state index contributed by atoms with van der Waals surface area (Å²) in [7, 11) is -2.11. The number of hydrogen-bond acceptors (Lipinski definition) is 7. The zero-order valence-corrected chi connectivity index (χ0v) is 39.2. The number of anilines is 1. The van der Waals surface area contributed by atoms with Gasteiger partial charge in [-0.2, -0.15) is 0 Å². The van der Waals surface area contributed by atoms with E-state index < -0.39 is 19.7 Å². The molecule has 2 aromatic heterocycles. The molecule has 306 valence electrons. The zero-order chi connectivity index (χ0) is 41.6. The Hall–Kier alpha value is -3.05. The number of nitrogens with zero attached hydrogens (tertiary/aromatic N) is 4. The van der Waals surface area contributed by atoms with Crippen molar-refractivity contribution in [3.05, 3.63) is 47.7 Å². The van der Waals surface area contributed by atoms with Gasteiger partial charge in [0.15, 0.2) is 11.0 Å². The first-order chi connectivity index (χ1) is 26.9. The Balaban J connectivity index is 1.61. The minimum atomic E-state index is -2.26. The van der Waals surface area contributed by atoms with Crippen molar-refractivity contribution in [2.45, 2.75) is 135 Å². The summed E-state index contributed by atoms with van der Waals surface area (Å²) in [5, 5.41) is 2.20. The molecule has 2 radical (unpaired) electrons. The second kappa shape index (κ2) is 16.9. The average molecular weight is 829 g/mol. The predicted octanol–water partition coefficient (Wildman–Crippen LogP) is 12.3. The number of hydrogen-bond donors (Lipinski definition) is 0. The molecule has 0 aliphatic carbocycles. The van der Waals surface area contributed by atoms with Crippen LogP contribution in [0.25, 0.3) is 32.9 Å². The second-order valence-corrected chi connectivity index (χ2v) is 25.9. The van der Waals surface area contributed by atoms with Crippen molar-refractivity contribution in [3.8, 4) is 28.5 Å². The van der Waals surface area contributed by atoms with Crippen LogP contribution < -0.4 is 9.33 Å². The standard InChI is InChI=1S/C46H62F2N4O2SSi2/c1-27(2)46(28(3)4,29(5)6)56-54-34-23-33-15-16-38(47)35(17-22-57(30(7)8,31(9)10)32(11)12)39(33)36(24-34)41-40(48)42-37(25-49-41)43(51-44(50-42)55-13)52-20-14-18-45(26-52)19-21-53-45/h15-16,23-25,27-32H,14,18-21,26H2,1-13H3. The maximum absolute atomic E-state index is 17.6. The van der Waals surface area contributed by atoms with E-state index in [0.717, 1.165) is 37.8 Å². The molecule has 2 saturated heterocycles. The summed E-state index contributed by atoms with van der Waals surface area (Å²) in [4.78, 5) is 16.7. The van der Waals surface area contributed by atoms with Gasteiger partial charge in [-0.1, -0.05) is 107 Å². The van der Waals surface area contributed by atoms with Gasteiger partial charge in [0.05, 0.1) is 23.2 Å². The molecule has 2 aliphatic rings. The molecular weight excluding hydrogens is 767 g/mol. The quantitative estimate of drug-likeness (QED) is 0.0610. The van der Waals surface area contributed by atoms with Crippen LogP contribution in [0.15, 0.2) is 35.6 Å². The number of pyridine rings is 1. The lowest BCUT2D eigenvalue weighted by Crippen LogP contribution is -2.56. The smallest absolute Gasteiger partial charge is 0.318 e. The topological polar surface area (TPSA) is 60.4 Å². The lowest BCUT2D eigenvalue weighted by Gasteiger charge is -2.48. The normalized spacial score (nSPS) is 17.9. The Morgan fingerprint density at radius 2 is 1.58 bits per heavy atom. The summed E-state index contributed by atoms with van der Waals surface area (Å²) in [6.45, 7) is 29.3. The van der Waals surface area contributed by atoms with Crippen molar-refractivity contribution in [2.75, 3.05) is 30.9 Å². The maximum atomic E-state index is 17.6. The second-order valence-electron chi connectivity index (χ2n) is 18.3. The molecule has 4 aromatic rings. The number of ether oxygens (including phenoxy) is 1. The average Bonchev–Trinajstić information content (AvgIpc) is 3.14. The number of thioether (sulfide) groups is 1. The first kappa shape index (κ1) is 43.5. The Bertz CT molecular complexity index is 2130. The lowest BCUT2D eigenvalue weighted by molar-refractivity contribution is -0.151. The zero-order valence-electron chi connectivity index (χ0n) is 36.4. The fourth-order valence-electron chi connectivity index (χ4n) is 10.4. The van der Waals surface area contributed by atoms with Crippen molar-refractivity contribution >= 4 is 57.1 Å². The third-order valence-electron chi connectivity index (χ3n) is 13.4. The Morgan fingerprint density at radius 1 is 0.930 bits per heavy atom. The van der Waals surface area contributed by atoms with Crippen LogP contribution in [0, 0.1) is 40.9 Å². The van der Waals surface area contributed by atoms with E-state index in [-0.39, 0.29) is 37.2 Å². The van der Waals surface area contributed by atoms with Gasteiger partial charge in [-0.05, 0) is 77.1 Å². The molecule has 6 nitrogen and oxygen atoms in total. The van der Waals surface area contributed by atoms with E-state index in [0.29, 0.717) is 74.0 Å². The molecule has 2 aromatic carbocycles. The SMILES string of the molecule is CSc1nc(N2CCCC3(CCO3)C2)c2cnc(-c3cc(O[Si]C(C(C)C)(C(C)C)C(C)C)cc4ccc(F)c(C#C[Si](C(C)C)(C(C)C)C(C)C)c34)c(F)c2n1. The number of rotatable bonds is 12. The number of aromatic nitrogens is 3. The fraction of sp³-hybridized carbons (Fsp3) is 0.587. The van der Waals surface area contributed by atoms with Gasteiger partial charge in [0.25, 0.3) is 0 Å². The predicted molar refractivity (Wildman–Crippen MR) is 238 cm³/mol. The number of piperidine rings is 1. The number of benzene rings is 2. The summed E-state index contributed by atoms with van der Waals surface area (Å²) in [6.07, 6.45) is 6.57. The van der Waals surface area contributed by atoms with E-state index in [2.05, 4.69) is 99.4 Å². The molecule has 0 N–H and O–H groups in total. The van der Waals surface area contributed by atoms with E-state index in [4.69, 9.17) is 24.1 Å². The van der Waals surface area contributed by atoms with Crippen molar-refractivity contribution in [2.24, 2.45) is 17.8 Å². The van der Waals surface area contributed by atoms with Gasteiger partial charge in [0, 0.05) is 41.7 Å². The molecule has 1 unspecified atom stereocenters. The third-order valence-corrected chi connectivity index (χ3v) is 22.7. The first-order valence-corrected chi connectivity index (χ1v) is 25.3. The Labute approximate surface area is 348 Å². The Morgan fingerprint density at radius 3 is 2.14 bits per heavy atom. The van der Waals surface area contributed by atoms with Crippen molar-refractivity contribution in [3.63, 3.8) is 0 Å². The van der Waals surface area contributed by atoms with E-state index in [1.807, 2.05) is 18.4 Å². The van der Waals surface area contributed by atoms with Crippen LogP contribution in [0.5, 0.6) is 5.75 Å². The van der Waals surface area contributed by atoms with Gasteiger partial charge in [0.1, 0.15) is 36.7 Å². The van der Waals surface area contributed by atoms with Crippen LogP contribution in [0.1, 0.15) is 108 Å². The van der Waals surface area contributed by atoms with Gasteiger partial charge in [-0.25, -0.2) is 18.7 Å². The third kappa shape index (κ3) is 7.78. The number of halogens is 2. The fourth-order valence-corrected chi connectivity index (χ4v) is 17.1. The van der Waals surface area contributed by atoms with Crippen LogP contribution >= 0.6 is 11.8 Å². The lowest BCUT2D eigenvalue weighted by atomic mass is 9.76. The number of fused-ring (bicyclic) bond motifs is 2. The minimum absolute atomic E-state index is 0.0847. The molecule has 0 bridgehead atoms. The van der Waals surface area contributed by atoms with Gasteiger partial charge >= 0.3 is 9.76 Å². The summed E-state index contributed by atoms with van der Waals surface area (Å²) in [5.74, 6) is 4.77. The highest BCUT2D eigenvalue weighted by molar-refractivity contribution is 7.98. The van der Waals surface area contributed by atoms with E-state index in [1.165, 1.54) is 17.8 Å². The molecule has 4 heterocycles. The van der Waals surface area contributed by atoms with Gasteiger partial charge in [-0.3, -0.25) is 4.98 Å². The van der Waals surface area contributed by atoms with Gasteiger partial charge in [0.2, 0.25) is 0 Å². The molecule has 2 aliphatic heterocycles. The van der Waals surface area contributed by atoms with E-state index >= 15 is 8.78 Å². The summed E-state index contributed by atoms with van der Waals surface area (Å²) in [5.41, 5.74) is 5.63. The summed E-state index contributed by atoms with van der Waals surface area (Å²) < 4.78 is 46.9. The van der Waals surface area contributed by atoms with Crippen LogP contribution in [0.3, 0.4) is 0 Å². The van der Waals surface area contributed by atoms with Crippen LogP contribution in [-0.2, 0) is 4.74 Å². The highest BCUT2D eigenvalue weighted by Gasteiger charge is 2.45. The minimum Gasteiger partial charge on any atom is -0.540 e. The van der Waals surface area contributed by atoms with Gasteiger partial charge in [-0.15, -0.1) is 5.54 Å². The monoisotopic (exact) mass is 828 g/mol. The molecule has 6 rings (SSSR count). The summed E-state index contributed by atoms with van der Waals surface area (Å²) in [6, 6.07) is 7.05. The molecule has 2 fully saturated rings. The molecule has 1 atom stereocenters. The first-order valence-electron chi connectivity index (χ1n) is 20.9. The van der Waals surface area contributed by atoms with E-state index in [9.17, 15) is 0 Å². The van der Waals surface area contributed by atoms with Crippen molar-refractivity contribution in [1.82, 2.24) is 15.0 Å². The Kier molecular flexibility index (Phi) is 12.9. The van der Waals surface area contributed by atoms with E-state index in [1.54, 1.807) is 12.3 Å². The van der Waals surface area contributed by atoms with Crippen LogP contribution in [0.2, 0.25) is 21.7 Å².